The second-order valence-electron chi connectivity index (χ2n) is 8.90. The Kier molecular flexibility index (Phi) is 5.21. The number of alkyl halides is 5. The first-order valence-electron chi connectivity index (χ1n) is 10.8. The smallest absolute Gasteiger partial charge is 0.333 e. The van der Waals surface area contributed by atoms with E-state index in [0.29, 0.717) is 38.1 Å². The van der Waals surface area contributed by atoms with E-state index in [9.17, 15) is 17.6 Å². The van der Waals surface area contributed by atoms with Crippen LogP contribution in [0.15, 0.2) is 30.9 Å². The molecule has 0 spiro atoms. The second kappa shape index (κ2) is 7.88. The number of aryl methyl sites for hydroxylation is 2. The Labute approximate surface area is 191 Å². The van der Waals surface area contributed by atoms with E-state index in [1.165, 1.54) is 12.4 Å². The third-order valence-electron chi connectivity index (χ3n) is 6.43. The number of hydrogen-bond donors (Lipinski definition) is 0. The zero-order valence-electron chi connectivity index (χ0n) is 18.5. The lowest BCUT2D eigenvalue weighted by Gasteiger charge is -2.34. The summed E-state index contributed by atoms with van der Waals surface area (Å²) in [6, 6.07) is 1.80. The molecule has 0 atom stereocenters. The fourth-order valence-corrected chi connectivity index (χ4v) is 4.60. The summed E-state index contributed by atoms with van der Waals surface area (Å²) >= 11 is 0. The molecule has 0 aromatic carbocycles. The highest BCUT2D eigenvalue weighted by molar-refractivity contribution is 5.94. The predicted molar refractivity (Wildman–Crippen MR) is 114 cm³/mol. The van der Waals surface area contributed by atoms with Crippen LogP contribution in [-0.2, 0) is 13.6 Å². The van der Waals surface area contributed by atoms with Gasteiger partial charge in [-0.15, -0.1) is 5.10 Å². The molecule has 1 aliphatic carbocycles. The molecule has 0 amide bonds. The Balaban J connectivity index is 1.62. The molecule has 4 aromatic rings. The molecule has 0 unspecified atom stereocenters. The van der Waals surface area contributed by atoms with Crippen LogP contribution in [0.1, 0.15) is 37.9 Å². The monoisotopic (exact) mass is 479 g/mol. The zero-order valence-corrected chi connectivity index (χ0v) is 18.5. The van der Waals surface area contributed by atoms with Gasteiger partial charge in [0.2, 0.25) is 5.92 Å². The van der Waals surface area contributed by atoms with Crippen LogP contribution >= 0.6 is 0 Å². The van der Waals surface area contributed by atoms with Gasteiger partial charge in [0, 0.05) is 55.2 Å². The molecule has 0 saturated heterocycles. The van der Waals surface area contributed by atoms with E-state index in [-0.39, 0.29) is 19.4 Å². The highest BCUT2D eigenvalue weighted by atomic mass is 19.3. The third-order valence-corrected chi connectivity index (χ3v) is 6.43. The number of hydrogen-bond acceptors (Lipinski definition) is 4. The predicted octanol–water partition coefficient (Wildman–Crippen LogP) is 5.32. The number of aromatic nitrogens is 7. The molecule has 0 radical (unpaired) electrons. The van der Waals surface area contributed by atoms with E-state index in [1.54, 1.807) is 41.7 Å². The maximum Gasteiger partial charge on any atom is 0.333 e. The van der Waals surface area contributed by atoms with E-state index in [0.717, 1.165) is 5.69 Å². The Bertz CT molecular complexity index is 1320. The van der Waals surface area contributed by atoms with Gasteiger partial charge in [0.1, 0.15) is 5.67 Å². The first-order chi connectivity index (χ1) is 16.1. The number of rotatable bonds is 5. The lowest BCUT2D eigenvalue weighted by Crippen LogP contribution is -2.38. The molecule has 1 fully saturated rings. The second-order valence-corrected chi connectivity index (χ2v) is 8.90. The van der Waals surface area contributed by atoms with Gasteiger partial charge < -0.3 is 4.57 Å². The Morgan fingerprint density at radius 3 is 2.38 bits per heavy atom. The van der Waals surface area contributed by atoms with Gasteiger partial charge in [-0.2, -0.15) is 13.9 Å². The molecule has 5 rings (SSSR count). The van der Waals surface area contributed by atoms with Crippen molar-refractivity contribution < 1.29 is 22.0 Å². The summed E-state index contributed by atoms with van der Waals surface area (Å²) < 4.78 is 72.8. The summed E-state index contributed by atoms with van der Waals surface area (Å²) in [4.78, 5) is 4.55. The zero-order chi connectivity index (χ0) is 24.3. The molecule has 4 heterocycles. The van der Waals surface area contributed by atoms with Gasteiger partial charge in [-0.3, -0.25) is 4.98 Å². The van der Waals surface area contributed by atoms with Crippen LogP contribution in [0.5, 0.6) is 0 Å². The molecule has 0 bridgehead atoms. The van der Waals surface area contributed by atoms with Crippen molar-refractivity contribution in [3.63, 3.8) is 0 Å². The summed E-state index contributed by atoms with van der Waals surface area (Å²) in [5.74, 6) is -2.86. The van der Waals surface area contributed by atoms with E-state index < -0.39 is 31.0 Å². The standard InChI is InChI=1S/C22H22F5N7/c1-13-19(32(2)31-30-13)14-7-17-18(28-8-14)16(15-9-29-34(10-15)20(23)24)11-33(17)12-21(25)3-5-22(26,27)6-4-21/h7-11,20H,3-6,12H2,1-2H3. The normalized spacial score (nSPS) is 17.6. The van der Waals surface area contributed by atoms with Gasteiger partial charge in [-0.1, -0.05) is 5.21 Å². The van der Waals surface area contributed by atoms with Crippen LogP contribution in [0.25, 0.3) is 33.4 Å². The molecule has 1 saturated carbocycles. The molecular formula is C22H22F5N7. The largest absolute Gasteiger partial charge is 0.342 e. The summed E-state index contributed by atoms with van der Waals surface area (Å²) in [5.41, 5.74) is 2.18. The van der Waals surface area contributed by atoms with Crippen molar-refractivity contribution in [3.8, 4) is 22.4 Å². The minimum atomic E-state index is -2.86. The van der Waals surface area contributed by atoms with Gasteiger partial charge in [-0.05, 0) is 25.8 Å². The topological polar surface area (TPSA) is 66.3 Å². The number of fused-ring (bicyclic) bond motifs is 1. The minimum absolute atomic E-state index is 0.156. The van der Waals surface area contributed by atoms with Crippen molar-refractivity contribution in [1.29, 1.82) is 0 Å². The van der Waals surface area contributed by atoms with Gasteiger partial charge in [0.15, 0.2) is 0 Å². The van der Waals surface area contributed by atoms with Crippen LogP contribution in [0.2, 0.25) is 0 Å². The SMILES string of the molecule is Cc1nnn(C)c1-c1cnc2c(-c3cnn(C(F)F)c3)cn(CC3(F)CCC(F)(F)CC3)c2c1. The van der Waals surface area contributed by atoms with Crippen LogP contribution < -0.4 is 0 Å². The maximum absolute atomic E-state index is 15.6. The quantitative estimate of drug-likeness (QED) is 0.364. The summed E-state index contributed by atoms with van der Waals surface area (Å²) in [7, 11) is 1.74. The van der Waals surface area contributed by atoms with Gasteiger partial charge in [0.05, 0.1) is 35.2 Å². The van der Waals surface area contributed by atoms with Crippen molar-refractivity contribution in [2.45, 2.75) is 57.3 Å². The fourth-order valence-electron chi connectivity index (χ4n) is 4.60. The van der Waals surface area contributed by atoms with Gasteiger partial charge in [-0.25, -0.2) is 22.5 Å². The van der Waals surface area contributed by atoms with Crippen molar-refractivity contribution in [2.24, 2.45) is 7.05 Å². The molecule has 1 aliphatic rings. The maximum atomic E-state index is 15.6. The van der Waals surface area contributed by atoms with E-state index in [2.05, 4.69) is 20.4 Å². The molecule has 12 heteroatoms. The van der Waals surface area contributed by atoms with Crippen molar-refractivity contribution in [2.75, 3.05) is 0 Å². The van der Waals surface area contributed by atoms with E-state index in [1.807, 2.05) is 0 Å². The van der Waals surface area contributed by atoms with Gasteiger partial charge >= 0.3 is 6.55 Å². The first kappa shape index (κ1) is 22.5. The Hall–Kier alpha value is -3.31. The van der Waals surface area contributed by atoms with Crippen LogP contribution in [0.4, 0.5) is 22.0 Å². The van der Waals surface area contributed by atoms with Gasteiger partial charge in [0.25, 0.3) is 0 Å². The Morgan fingerprint density at radius 1 is 1.03 bits per heavy atom. The van der Waals surface area contributed by atoms with Crippen LogP contribution in [0.3, 0.4) is 0 Å². The molecule has 0 N–H and O–H groups in total. The van der Waals surface area contributed by atoms with E-state index >= 15 is 4.39 Å². The highest BCUT2D eigenvalue weighted by Gasteiger charge is 2.44. The number of pyridine rings is 1. The molecule has 0 aliphatic heterocycles. The summed E-state index contributed by atoms with van der Waals surface area (Å²) in [6.45, 7) is -1.16. The average Bonchev–Trinajstić information content (AvgIpc) is 3.48. The molecular weight excluding hydrogens is 457 g/mol. The molecule has 34 heavy (non-hydrogen) atoms. The van der Waals surface area contributed by atoms with Crippen molar-refractivity contribution in [3.05, 3.63) is 36.5 Å². The highest BCUT2D eigenvalue weighted by Crippen LogP contribution is 2.42. The molecule has 7 nitrogen and oxygen atoms in total. The van der Waals surface area contributed by atoms with E-state index in [4.69, 9.17) is 0 Å². The average molecular weight is 479 g/mol. The summed E-state index contributed by atoms with van der Waals surface area (Å²) in [6.07, 6.45) is 4.17. The first-order valence-corrected chi connectivity index (χ1v) is 10.8. The molecule has 180 valence electrons. The molecule has 4 aromatic heterocycles. The van der Waals surface area contributed by atoms with Crippen molar-refractivity contribution in [1.82, 2.24) is 34.3 Å². The third kappa shape index (κ3) is 3.94. The summed E-state index contributed by atoms with van der Waals surface area (Å²) in [5, 5.41) is 11.7. The minimum Gasteiger partial charge on any atom is -0.342 e. The number of nitrogens with zero attached hydrogens (tertiary/aromatic N) is 7. The fraction of sp³-hybridized carbons (Fsp3) is 0.455. The van der Waals surface area contributed by atoms with Crippen LogP contribution in [0, 0.1) is 6.92 Å². The lowest BCUT2D eigenvalue weighted by molar-refractivity contribution is -0.0791. The Morgan fingerprint density at radius 2 is 1.76 bits per heavy atom. The van der Waals surface area contributed by atoms with Crippen molar-refractivity contribution >= 4 is 11.0 Å². The number of halogens is 5. The van der Waals surface area contributed by atoms with Crippen LogP contribution in [-0.4, -0.2) is 45.9 Å². The lowest BCUT2D eigenvalue weighted by atomic mass is 9.84.